The van der Waals surface area contributed by atoms with Gasteiger partial charge in [-0.25, -0.2) is 0 Å². The lowest BCUT2D eigenvalue weighted by Crippen LogP contribution is -2.34. The van der Waals surface area contributed by atoms with Gasteiger partial charge in [0.25, 0.3) is 5.91 Å². The summed E-state index contributed by atoms with van der Waals surface area (Å²) in [4.78, 5) is 14.4. The van der Waals surface area contributed by atoms with E-state index in [2.05, 4.69) is 55.8 Å². The van der Waals surface area contributed by atoms with Crippen LogP contribution in [0.5, 0.6) is 5.75 Å². The van der Waals surface area contributed by atoms with Gasteiger partial charge in [0.2, 0.25) is 0 Å². The van der Waals surface area contributed by atoms with Crippen LogP contribution in [0.4, 0.5) is 5.69 Å². The van der Waals surface area contributed by atoms with Crippen molar-refractivity contribution in [2.75, 3.05) is 12.4 Å². The molecule has 0 atom stereocenters. The molecule has 9 heteroatoms. The number of halogens is 1. The van der Waals surface area contributed by atoms with Gasteiger partial charge in [-0.15, -0.1) is 10.2 Å². The second kappa shape index (κ2) is 9.68. The van der Waals surface area contributed by atoms with Gasteiger partial charge in [-0.05, 0) is 79.2 Å². The number of fused-ring (bicyclic) bond motifs is 1. The normalized spacial score (nSPS) is 10.8. The molecule has 0 fully saturated rings. The summed E-state index contributed by atoms with van der Waals surface area (Å²) in [6, 6.07) is 17.2. The van der Waals surface area contributed by atoms with Gasteiger partial charge in [0.1, 0.15) is 16.8 Å². The number of anilines is 1. The summed E-state index contributed by atoms with van der Waals surface area (Å²) in [6.07, 6.45) is 0.980. The van der Waals surface area contributed by atoms with Crippen molar-refractivity contribution in [1.29, 1.82) is 0 Å². The second-order valence-corrected chi connectivity index (χ2v) is 8.75. The van der Waals surface area contributed by atoms with Gasteiger partial charge in [-0.3, -0.25) is 10.1 Å². The van der Waals surface area contributed by atoms with E-state index in [0.717, 1.165) is 27.7 Å². The number of nitrogens with zero attached hydrogens (tertiary/aromatic N) is 3. The molecule has 0 spiro atoms. The predicted octanol–water partition coefficient (Wildman–Crippen LogP) is 5.19. The summed E-state index contributed by atoms with van der Waals surface area (Å²) in [5.74, 6) is 0.139. The van der Waals surface area contributed by atoms with Crippen molar-refractivity contribution in [3.8, 4) is 11.4 Å². The fourth-order valence-corrected chi connectivity index (χ4v) is 4.26. The maximum absolute atomic E-state index is 12.8. The number of benzene rings is 3. The molecule has 168 valence electrons. The Morgan fingerprint density at radius 3 is 2.52 bits per heavy atom. The van der Waals surface area contributed by atoms with Gasteiger partial charge in [0.05, 0.1) is 18.4 Å². The minimum absolute atomic E-state index is 0.168. The number of aromatic nitrogens is 3. The molecule has 0 bridgehead atoms. The van der Waals surface area contributed by atoms with Crippen LogP contribution in [0, 0.1) is 6.92 Å². The fourth-order valence-electron chi connectivity index (χ4n) is 3.48. The number of amides is 1. The van der Waals surface area contributed by atoms with Crippen LogP contribution in [0.2, 0.25) is 0 Å². The summed E-state index contributed by atoms with van der Waals surface area (Å²) in [5, 5.41) is 15.0. The molecule has 0 unspecified atom stereocenters. The van der Waals surface area contributed by atoms with E-state index in [4.69, 9.17) is 17.0 Å². The molecule has 1 aromatic heterocycles. The lowest BCUT2D eigenvalue weighted by atomic mass is 10.1. The van der Waals surface area contributed by atoms with Gasteiger partial charge in [-0.1, -0.05) is 35.0 Å². The van der Waals surface area contributed by atoms with E-state index >= 15 is 0 Å². The largest absolute Gasteiger partial charge is 0.496 e. The first-order valence-electron chi connectivity index (χ1n) is 10.3. The highest BCUT2D eigenvalue weighted by Gasteiger charge is 2.17. The Labute approximate surface area is 205 Å². The summed E-state index contributed by atoms with van der Waals surface area (Å²) in [7, 11) is 1.53. The third-order valence-electron chi connectivity index (χ3n) is 5.13. The average Bonchev–Trinajstić information content (AvgIpc) is 3.22. The first-order chi connectivity index (χ1) is 15.9. The minimum atomic E-state index is -0.365. The Kier molecular flexibility index (Phi) is 6.71. The molecule has 1 amide bonds. The van der Waals surface area contributed by atoms with Gasteiger partial charge in [0.15, 0.2) is 5.11 Å². The smallest absolute Gasteiger partial charge is 0.261 e. The first-order valence-corrected chi connectivity index (χ1v) is 11.5. The fraction of sp³-hybridized carbons (Fsp3) is 0.167. The molecule has 0 saturated heterocycles. The molecule has 0 aliphatic rings. The van der Waals surface area contributed by atoms with Crippen molar-refractivity contribution >= 4 is 55.9 Å². The molecule has 4 aromatic rings. The van der Waals surface area contributed by atoms with Crippen LogP contribution in [-0.2, 0) is 6.42 Å². The predicted molar refractivity (Wildman–Crippen MR) is 137 cm³/mol. The van der Waals surface area contributed by atoms with Crippen LogP contribution in [0.1, 0.15) is 28.4 Å². The van der Waals surface area contributed by atoms with Crippen LogP contribution in [0.15, 0.2) is 59.1 Å². The summed E-state index contributed by atoms with van der Waals surface area (Å²) < 4.78 is 6.17. The van der Waals surface area contributed by atoms with Crippen LogP contribution in [0.25, 0.3) is 16.7 Å². The van der Waals surface area contributed by atoms with E-state index in [9.17, 15) is 4.79 Å². The standard InChI is InChI=1S/C24H22BrN5O2S/c1-4-15-5-8-18(9-6-15)30-28-20-10-7-17(13-21(20)29-30)26-24(33)27-23(31)19-12-16(25)11-14(2)22(19)32-3/h5-13H,4H2,1-3H3,(H2,26,27,31,33). The number of aryl methyl sites for hydroxylation is 2. The molecular formula is C24H22BrN5O2S. The summed E-state index contributed by atoms with van der Waals surface area (Å²) in [6.45, 7) is 3.99. The number of rotatable bonds is 5. The van der Waals surface area contributed by atoms with Crippen LogP contribution in [-0.4, -0.2) is 33.1 Å². The molecule has 0 aliphatic heterocycles. The molecule has 0 aliphatic carbocycles. The zero-order chi connectivity index (χ0) is 23.5. The Morgan fingerprint density at radius 1 is 1.09 bits per heavy atom. The zero-order valence-corrected chi connectivity index (χ0v) is 20.8. The van der Waals surface area contributed by atoms with Gasteiger partial charge in [-0.2, -0.15) is 4.80 Å². The molecule has 3 aromatic carbocycles. The molecule has 7 nitrogen and oxygen atoms in total. The topological polar surface area (TPSA) is 81.1 Å². The maximum atomic E-state index is 12.8. The molecule has 0 saturated carbocycles. The Morgan fingerprint density at radius 2 is 1.82 bits per heavy atom. The average molecular weight is 524 g/mol. The number of hydrogen-bond donors (Lipinski definition) is 2. The van der Waals surface area contributed by atoms with E-state index in [1.165, 1.54) is 12.7 Å². The highest BCUT2D eigenvalue weighted by Crippen LogP contribution is 2.27. The van der Waals surface area contributed by atoms with Crippen molar-refractivity contribution in [3.63, 3.8) is 0 Å². The zero-order valence-electron chi connectivity index (χ0n) is 18.3. The number of nitrogens with one attached hydrogen (secondary N) is 2. The van der Waals surface area contributed by atoms with Crippen molar-refractivity contribution < 1.29 is 9.53 Å². The number of thiocarbonyl (C=S) groups is 1. The number of carbonyl (C=O) groups is 1. The maximum Gasteiger partial charge on any atom is 0.261 e. The van der Waals surface area contributed by atoms with E-state index in [-0.39, 0.29) is 11.0 Å². The number of carbonyl (C=O) groups excluding carboxylic acids is 1. The van der Waals surface area contributed by atoms with Gasteiger partial charge < -0.3 is 10.1 Å². The second-order valence-electron chi connectivity index (χ2n) is 7.42. The van der Waals surface area contributed by atoms with Crippen molar-refractivity contribution in [2.45, 2.75) is 20.3 Å². The first kappa shape index (κ1) is 22.9. The third kappa shape index (κ3) is 5.04. The van der Waals surface area contributed by atoms with Crippen LogP contribution >= 0.6 is 28.1 Å². The molecular weight excluding hydrogens is 502 g/mol. The molecule has 33 heavy (non-hydrogen) atoms. The van der Waals surface area contributed by atoms with Crippen LogP contribution in [0.3, 0.4) is 0 Å². The van der Waals surface area contributed by atoms with Crippen molar-refractivity contribution in [3.05, 3.63) is 75.8 Å². The number of ether oxygens (including phenoxy) is 1. The Balaban J connectivity index is 1.49. The number of hydrogen-bond acceptors (Lipinski definition) is 5. The van der Waals surface area contributed by atoms with Crippen LogP contribution < -0.4 is 15.4 Å². The quantitative estimate of drug-likeness (QED) is 0.350. The third-order valence-corrected chi connectivity index (χ3v) is 5.79. The van der Waals surface area contributed by atoms with Crippen molar-refractivity contribution in [2.24, 2.45) is 0 Å². The molecule has 1 heterocycles. The Hall–Kier alpha value is -3.30. The van der Waals surface area contributed by atoms with E-state index in [1.54, 1.807) is 10.9 Å². The Bertz CT molecular complexity index is 1350. The van der Waals surface area contributed by atoms with Gasteiger partial charge in [0, 0.05) is 10.2 Å². The lowest BCUT2D eigenvalue weighted by Gasteiger charge is -2.13. The van der Waals surface area contributed by atoms with Gasteiger partial charge >= 0.3 is 0 Å². The summed E-state index contributed by atoms with van der Waals surface area (Å²) in [5.41, 5.74) is 5.53. The monoisotopic (exact) mass is 523 g/mol. The highest BCUT2D eigenvalue weighted by atomic mass is 79.9. The lowest BCUT2D eigenvalue weighted by molar-refractivity contribution is 0.0974. The molecule has 0 radical (unpaired) electrons. The molecule has 2 N–H and O–H groups in total. The van der Waals surface area contributed by atoms with Crippen molar-refractivity contribution in [1.82, 2.24) is 20.3 Å². The van der Waals surface area contributed by atoms with E-state index in [0.29, 0.717) is 22.5 Å². The highest BCUT2D eigenvalue weighted by molar-refractivity contribution is 9.10. The number of methoxy groups -OCH3 is 1. The van der Waals surface area contributed by atoms with E-state index < -0.39 is 0 Å². The SMILES string of the molecule is CCc1ccc(-n2nc3ccc(NC(=S)NC(=O)c4cc(Br)cc(C)c4OC)cc3n2)cc1. The summed E-state index contributed by atoms with van der Waals surface area (Å²) >= 11 is 8.76. The minimum Gasteiger partial charge on any atom is -0.496 e. The molecule has 4 rings (SSSR count). The van der Waals surface area contributed by atoms with E-state index in [1.807, 2.05) is 43.3 Å².